The molecule has 0 bridgehead atoms. The van der Waals surface area contributed by atoms with Crippen LogP contribution in [0.15, 0.2) is 29.3 Å². The van der Waals surface area contributed by atoms with Gasteiger partial charge in [-0.2, -0.15) is 0 Å². The van der Waals surface area contributed by atoms with Gasteiger partial charge in [-0.05, 0) is 25.0 Å². The number of anilines is 1. The molecule has 0 fully saturated rings. The molecule has 0 radical (unpaired) electrons. The van der Waals surface area contributed by atoms with Crippen LogP contribution >= 0.6 is 34.4 Å². The van der Waals surface area contributed by atoms with Crippen molar-refractivity contribution in [2.45, 2.75) is 32.0 Å². The number of nitrogens with one attached hydrogen (secondary N) is 1. The fraction of sp³-hybridized carbons (Fsp3) is 0.286. The van der Waals surface area contributed by atoms with Crippen LogP contribution in [-0.2, 0) is 22.5 Å². The van der Waals surface area contributed by atoms with Crippen LogP contribution in [0.25, 0.3) is 11.4 Å². The molecular weight excluding hydrogens is 482 g/mol. The van der Waals surface area contributed by atoms with Gasteiger partial charge in [0.2, 0.25) is 5.91 Å². The number of hydrogen-bond donors (Lipinski definition) is 2. The molecule has 3 heterocycles. The summed E-state index contributed by atoms with van der Waals surface area (Å²) in [6, 6.07) is 2.08. The molecule has 33 heavy (non-hydrogen) atoms. The van der Waals surface area contributed by atoms with E-state index in [1.807, 2.05) is 9.95 Å². The molecule has 3 N–H and O–H groups in total. The van der Waals surface area contributed by atoms with Crippen LogP contribution in [0.5, 0.6) is 0 Å². The maximum absolute atomic E-state index is 12.7. The predicted octanol–water partition coefficient (Wildman–Crippen LogP) is 3.74. The smallest absolute Gasteiger partial charge is 0.341 e. The van der Waals surface area contributed by atoms with Gasteiger partial charge in [-0.3, -0.25) is 14.2 Å². The molecule has 0 atom stereocenters. The molecule has 9 nitrogen and oxygen atoms in total. The van der Waals surface area contributed by atoms with Crippen LogP contribution in [0.1, 0.15) is 37.4 Å². The Balaban J connectivity index is 1.78. The van der Waals surface area contributed by atoms with E-state index in [9.17, 15) is 14.4 Å². The second kappa shape index (κ2) is 10.8. The lowest BCUT2D eigenvalue weighted by Gasteiger charge is -2.08. The number of thioether (sulfide) groups is 1. The summed E-state index contributed by atoms with van der Waals surface area (Å²) >= 11 is 3.82. The van der Waals surface area contributed by atoms with Crippen molar-refractivity contribution in [3.63, 3.8) is 0 Å². The van der Waals surface area contributed by atoms with Crippen molar-refractivity contribution in [3.8, 4) is 11.4 Å². The Bertz CT molecular complexity index is 1210. The lowest BCUT2D eigenvalue weighted by molar-refractivity contribution is -0.113. The first-order chi connectivity index (χ1) is 15.8. The number of amides is 2. The summed E-state index contributed by atoms with van der Waals surface area (Å²) < 4.78 is 6.68. The van der Waals surface area contributed by atoms with Crippen molar-refractivity contribution < 1.29 is 19.1 Å². The molecule has 12 heteroatoms. The number of primary amides is 1. The van der Waals surface area contributed by atoms with Crippen LogP contribution in [-0.4, -0.2) is 45.4 Å². The molecule has 0 aliphatic rings. The zero-order chi connectivity index (χ0) is 24.1. The molecule has 0 unspecified atom stereocenters. The molecule has 0 aliphatic carbocycles. The molecule has 0 saturated heterocycles. The van der Waals surface area contributed by atoms with E-state index in [0.717, 1.165) is 23.3 Å². The fourth-order valence-electron chi connectivity index (χ4n) is 3.06. The standard InChI is InChI=1S/C21H23N5O4S3/c1-5-7-26-18(12-8-13(6-2)31-9-12)24-25-21(26)32-10-14(27)23-19-15(20(29)30-4)11(3)16(33-19)17(22)28/h5,8-9H,1,6-7,10H2,2-4H3,(H2,22,28)(H,23,27). The molecule has 0 saturated carbocycles. The number of aromatic nitrogens is 3. The Morgan fingerprint density at radius 1 is 1.36 bits per heavy atom. The highest BCUT2D eigenvalue weighted by molar-refractivity contribution is 7.99. The van der Waals surface area contributed by atoms with Gasteiger partial charge in [0.05, 0.1) is 23.3 Å². The summed E-state index contributed by atoms with van der Waals surface area (Å²) in [5.74, 6) is -0.982. The van der Waals surface area contributed by atoms with E-state index in [1.54, 1.807) is 24.3 Å². The molecular formula is C21H23N5O4S3. The Morgan fingerprint density at radius 3 is 2.73 bits per heavy atom. The van der Waals surface area contributed by atoms with E-state index in [-0.39, 0.29) is 27.1 Å². The van der Waals surface area contributed by atoms with Crippen molar-refractivity contribution in [2.24, 2.45) is 5.73 Å². The topological polar surface area (TPSA) is 129 Å². The summed E-state index contributed by atoms with van der Waals surface area (Å²) in [4.78, 5) is 37.9. The first-order valence-electron chi connectivity index (χ1n) is 9.86. The minimum atomic E-state index is -0.678. The first kappa shape index (κ1) is 24.7. The van der Waals surface area contributed by atoms with Gasteiger partial charge in [0.25, 0.3) is 5.91 Å². The maximum atomic E-state index is 12.7. The number of carbonyl (C=O) groups excluding carboxylic acids is 3. The molecule has 3 aromatic rings. The van der Waals surface area contributed by atoms with Gasteiger partial charge in [-0.25, -0.2) is 4.79 Å². The van der Waals surface area contributed by atoms with Gasteiger partial charge in [0, 0.05) is 22.4 Å². The molecule has 0 aromatic carbocycles. The normalized spacial score (nSPS) is 10.8. The number of esters is 1. The summed E-state index contributed by atoms with van der Waals surface area (Å²) in [6.45, 7) is 7.97. The summed E-state index contributed by atoms with van der Waals surface area (Å²) in [5, 5.41) is 14.1. The van der Waals surface area contributed by atoms with Crippen LogP contribution in [0.2, 0.25) is 0 Å². The second-order valence-electron chi connectivity index (χ2n) is 6.81. The third kappa shape index (κ3) is 5.34. The average molecular weight is 506 g/mol. The summed E-state index contributed by atoms with van der Waals surface area (Å²) in [7, 11) is 1.23. The van der Waals surface area contributed by atoms with Gasteiger partial charge in [0.1, 0.15) is 5.00 Å². The van der Waals surface area contributed by atoms with Crippen LogP contribution in [0, 0.1) is 6.92 Å². The fourth-order valence-corrected chi connectivity index (χ4v) is 5.69. The van der Waals surface area contributed by atoms with E-state index in [0.29, 0.717) is 23.1 Å². The van der Waals surface area contributed by atoms with Crippen molar-refractivity contribution >= 4 is 57.2 Å². The van der Waals surface area contributed by atoms with Crippen LogP contribution in [0.3, 0.4) is 0 Å². The number of methoxy groups -OCH3 is 1. The number of nitrogens with zero attached hydrogens (tertiary/aromatic N) is 3. The Morgan fingerprint density at radius 2 is 2.12 bits per heavy atom. The number of nitrogens with two attached hydrogens (primary N) is 1. The molecule has 3 rings (SSSR count). The molecule has 0 spiro atoms. The Hall–Kier alpha value is -2.96. The Labute approximate surface area is 203 Å². The predicted molar refractivity (Wildman–Crippen MR) is 131 cm³/mol. The zero-order valence-corrected chi connectivity index (χ0v) is 20.8. The quantitative estimate of drug-likeness (QED) is 0.244. The van der Waals surface area contributed by atoms with Gasteiger partial charge in [0.15, 0.2) is 11.0 Å². The van der Waals surface area contributed by atoms with E-state index in [4.69, 9.17) is 10.5 Å². The monoisotopic (exact) mass is 505 g/mol. The summed E-state index contributed by atoms with van der Waals surface area (Å²) in [5.41, 5.74) is 6.85. The molecule has 3 aromatic heterocycles. The average Bonchev–Trinajstić information content (AvgIpc) is 3.49. The summed E-state index contributed by atoms with van der Waals surface area (Å²) in [6.07, 6.45) is 2.68. The number of ether oxygens (including phenoxy) is 1. The van der Waals surface area contributed by atoms with Gasteiger partial charge >= 0.3 is 5.97 Å². The third-order valence-corrected chi connectivity index (χ3v) is 7.90. The van der Waals surface area contributed by atoms with Gasteiger partial charge < -0.3 is 15.8 Å². The van der Waals surface area contributed by atoms with E-state index < -0.39 is 11.9 Å². The SMILES string of the molecule is C=CCn1c(SCC(=O)Nc2sc(C(N)=O)c(C)c2C(=O)OC)nnc1-c1csc(CC)c1. The molecule has 174 valence electrons. The minimum absolute atomic E-state index is 0.0165. The lowest BCUT2D eigenvalue weighted by Crippen LogP contribution is -2.16. The number of allylic oxidation sites excluding steroid dienone is 1. The maximum Gasteiger partial charge on any atom is 0.341 e. The van der Waals surface area contributed by atoms with Crippen molar-refractivity contribution in [2.75, 3.05) is 18.2 Å². The third-order valence-electron chi connectivity index (χ3n) is 4.63. The van der Waals surface area contributed by atoms with Gasteiger partial charge in [-0.1, -0.05) is 24.8 Å². The number of carbonyl (C=O) groups is 3. The second-order valence-corrected chi connectivity index (χ2v) is 9.77. The van der Waals surface area contributed by atoms with Crippen molar-refractivity contribution in [3.05, 3.63) is 45.0 Å². The molecule has 2 amide bonds. The Kier molecular flexibility index (Phi) is 8.06. The largest absolute Gasteiger partial charge is 0.465 e. The van der Waals surface area contributed by atoms with Crippen LogP contribution < -0.4 is 11.1 Å². The van der Waals surface area contributed by atoms with Gasteiger partial charge in [-0.15, -0.1) is 39.4 Å². The highest BCUT2D eigenvalue weighted by Gasteiger charge is 2.25. The minimum Gasteiger partial charge on any atom is -0.465 e. The first-order valence-corrected chi connectivity index (χ1v) is 12.5. The lowest BCUT2D eigenvalue weighted by atomic mass is 10.1. The highest BCUT2D eigenvalue weighted by Crippen LogP contribution is 2.34. The van der Waals surface area contributed by atoms with E-state index in [1.165, 1.54) is 23.7 Å². The zero-order valence-electron chi connectivity index (χ0n) is 18.3. The van der Waals surface area contributed by atoms with E-state index >= 15 is 0 Å². The van der Waals surface area contributed by atoms with Crippen molar-refractivity contribution in [1.29, 1.82) is 0 Å². The molecule has 0 aliphatic heterocycles. The number of thiophene rings is 2. The van der Waals surface area contributed by atoms with Crippen molar-refractivity contribution in [1.82, 2.24) is 14.8 Å². The highest BCUT2D eigenvalue weighted by atomic mass is 32.2. The number of hydrogen-bond acceptors (Lipinski definition) is 9. The number of aryl methyl sites for hydroxylation is 1. The van der Waals surface area contributed by atoms with E-state index in [2.05, 4.69) is 35.1 Å². The van der Waals surface area contributed by atoms with Crippen LogP contribution in [0.4, 0.5) is 5.00 Å². The number of rotatable bonds is 10.